The van der Waals surface area contributed by atoms with Crippen LogP contribution in [0.4, 0.5) is 0 Å². The van der Waals surface area contributed by atoms with Gasteiger partial charge >= 0.3 is 0 Å². The lowest BCUT2D eigenvalue weighted by molar-refractivity contribution is 1.06. The number of para-hydroxylation sites is 3. The Morgan fingerprint density at radius 3 is 1.97 bits per heavy atom. The largest absolute Gasteiger partial charge is 0.309 e. The zero-order valence-electron chi connectivity index (χ0n) is 53.5. The summed E-state index contributed by atoms with van der Waals surface area (Å²) in [6, 6.07) is 3.53. The minimum Gasteiger partial charge on any atom is -0.309 e. The minimum absolute atomic E-state index is 0.0446. The summed E-state index contributed by atoms with van der Waals surface area (Å²) in [4.78, 5) is 14.6. The quantitative estimate of drug-likeness (QED) is 0.168. The SMILES string of the molecule is [2H]c1cc([2H])c2sc3c(-c4cccc(-c5nc(-c6ccccc6-n6c7c([2H])cc([2H])c([2H])c7c7c([2H])c([2H])c([2H])c([2H])c76)nc(-c6c([2H])c([2H])c7c([2H])c(-c8c([2H])c([2H])c([2H])c([2H])c8[2H])c([2H])c([2H])c7c6[2H])n5)c4)cc([2H])c([2H])c3c2c1[2H]. The van der Waals surface area contributed by atoms with Gasteiger partial charge in [0.1, 0.15) is 0 Å². The van der Waals surface area contributed by atoms with Crippen LogP contribution in [-0.4, -0.2) is 19.5 Å². The van der Waals surface area contributed by atoms with Crippen LogP contribution in [0.3, 0.4) is 0 Å². The number of hydrogen-bond donors (Lipinski definition) is 0. The molecule has 0 aliphatic carbocycles. The Morgan fingerprint density at radius 1 is 0.417 bits per heavy atom. The molecule has 0 fully saturated rings. The van der Waals surface area contributed by atoms with Crippen molar-refractivity contribution in [2.75, 3.05) is 0 Å². The van der Waals surface area contributed by atoms with Crippen molar-refractivity contribution in [1.29, 1.82) is 0 Å². The van der Waals surface area contributed by atoms with E-state index in [1.54, 1.807) is 36.4 Å². The second-order valence-corrected chi connectivity index (χ2v) is 14.4. The highest BCUT2D eigenvalue weighted by Gasteiger charge is 2.20. The molecule has 0 unspecified atom stereocenters. The van der Waals surface area contributed by atoms with E-state index in [0.717, 1.165) is 17.4 Å². The van der Waals surface area contributed by atoms with Crippen LogP contribution in [0, 0.1) is 0 Å². The standard InChI is InChI=1S/C55H34N4S/c1-2-14-35(15-3-1)36-28-29-38-33-41(31-30-37(38)32-36)54-56-53(40-17-12-16-39(34-40)42-22-13-23-46-45-20-7-11-27-51(45)60-52(42)46)57-55(58-54)47-21-6-10-26-50(47)59-48-24-8-4-18-43(48)44-19-5-9-25-49(44)59/h1-34H/i1D,2D,3D,4D,5D,7D,8D,13D,14D,15D,18D,19D,20D,23D,24D,25D,27D,28D,29D,30D,31D,32D,33D. The Balaban J connectivity index is 1.17. The van der Waals surface area contributed by atoms with Gasteiger partial charge in [0.05, 0.1) is 48.2 Å². The topological polar surface area (TPSA) is 43.6 Å². The van der Waals surface area contributed by atoms with Crippen molar-refractivity contribution in [2.45, 2.75) is 0 Å². The predicted molar refractivity (Wildman–Crippen MR) is 252 cm³/mol. The van der Waals surface area contributed by atoms with Gasteiger partial charge in [-0.3, -0.25) is 0 Å². The lowest BCUT2D eigenvalue weighted by atomic mass is 9.99. The van der Waals surface area contributed by atoms with Crippen molar-refractivity contribution >= 4 is 64.1 Å². The van der Waals surface area contributed by atoms with Crippen molar-refractivity contribution in [2.24, 2.45) is 0 Å². The van der Waals surface area contributed by atoms with Gasteiger partial charge in [-0.2, -0.15) is 0 Å². The van der Waals surface area contributed by atoms with Gasteiger partial charge in [-0.25, -0.2) is 15.0 Å². The summed E-state index contributed by atoms with van der Waals surface area (Å²) >= 11 is 1.11. The van der Waals surface area contributed by atoms with E-state index in [1.807, 2.05) is 0 Å². The summed E-state index contributed by atoms with van der Waals surface area (Å²) in [6.45, 7) is 0. The zero-order valence-corrected chi connectivity index (χ0v) is 31.4. The fourth-order valence-electron chi connectivity index (χ4n) is 7.25. The highest BCUT2D eigenvalue weighted by molar-refractivity contribution is 7.26. The van der Waals surface area contributed by atoms with Crippen molar-refractivity contribution in [3.63, 3.8) is 0 Å². The number of thiophene rings is 1. The molecule has 0 bridgehead atoms. The number of aromatic nitrogens is 4. The van der Waals surface area contributed by atoms with Crippen LogP contribution >= 0.6 is 11.3 Å². The van der Waals surface area contributed by atoms with E-state index in [1.165, 1.54) is 28.8 Å². The van der Waals surface area contributed by atoms with Gasteiger partial charge in [0.2, 0.25) is 0 Å². The van der Waals surface area contributed by atoms with Gasteiger partial charge in [-0.15, -0.1) is 11.3 Å². The number of rotatable bonds is 6. The molecule has 0 saturated carbocycles. The summed E-state index contributed by atoms with van der Waals surface area (Å²) in [5.41, 5.74) is -0.764. The highest BCUT2D eigenvalue weighted by Crippen LogP contribution is 2.41. The zero-order chi connectivity index (χ0) is 59.6. The van der Waals surface area contributed by atoms with Crippen LogP contribution in [0.2, 0.25) is 0 Å². The van der Waals surface area contributed by atoms with E-state index >= 15 is 0 Å². The van der Waals surface area contributed by atoms with Crippen molar-refractivity contribution in [1.82, 2.24) is 19.5 Å². The highest BCUT2D eigenvalue weighted by atomic mass is 32.1. The van der Waals surface area contributed by atoms with E-state index in [4.69, 9.17) is 36.9 Å². The summed E-state index contributed by atoms with van der Waals surface area (Å²) in [5.74, 6) is -0.898. The molecular weight excluding hydrogens is 749 g/mol. The molecule has 12 rings (SSSR count). The van der Waals surface area contributed by atoms with E-state index in [-0.39, 0.29) is 103 Å². The van der Waals surface area contributed by atoms with Gasteiger partial charge in [-0.05, 0) is 81.4 Å². The fourth-order valence-corrected chi connectivity index (χ4v) is 8.37. The number of hydrogen-bond acceptors (Lipinski definition) is 4. The van der Waals surface area contributed by atoms with Crippen LogP contribution in [0.5, 0.6) is 0 Å². The molecule has 280 valence electrons. The molecule has 0 spiro atoms. The Labute approximate surface area is 382 Å². The first-order chi connectivity index (χ1) is 39.3. The van der Waals surface area contributed by atoms with Crippen molar-refractivity contribution < 1.29 is 31.5 Å². The Bertz CT molecular complexity index is 4950. The maximum Gasteiger partial charge on any atom is 0.166 e. The van der Waals surface area contributed by atoms with Gasteiger partial charge in [0.15, 0.2) is 17.5 Å². The van der Waals surface area contributed by atoms with E-state index in [2.05, 4.69) is 0 Å². The summed E-state index contributed by atoms with van der Waals surface area (Å²) in [6.07, 6.45) is 0. The van der Waals surface area contributed by atoms with Crippen LogP contribution in [0.25, 0.3) is 115 Å². The third-order valence-corrected chi connectivity index (χ3v) is 11.1. The van der Waals surface area contributed by atoms with E-state index in [9.17, 15) is 9.60 Å². The molecule has 12 aromatic rings. The molecule has 0 radical (unpaired) electrons. The number of nitrogens with zero attached hydrogens (tertiary/aromatic N) is 4. The van der Waals surface area contributed by atoms with Crippen molar-refractivity contribution in [3.05, 3.63) is 206 Å². The van der Waals surface area contributed by atoms with Gasteiger partial charge in [0, 0.05) is 47.6 Å². The molecule has 3 heterocycles. The second-order valence-electron chi connectivity index (χ2n) is 13.4. The molecule has 4 nitrogen and oxygen atoms in total. The Kier molecular flexibility index (Phi) is 4.30. The molecule has 0 amide bonds. The van der Waals surface area contributed by atoms with Crippen LogP contribution in [0.15, 0.2) is 206 Å². The average Bonchev–Trinajstić information content (AvgIpc) is 1.81. The van der Waals surface area contributed by atoms with Gasteiger partial charge in [0.25, 0.3) is 0 Å². The molecular formula is C55H34N4S. The van der Waals surface area contributed by atoms with Crippen molar-refractivity contribution in [3.8, 4) is 62.1 Å². The van der Waals surface area contributed by atoms with Gasteiger partial charge < -0.3 is 4.57 Å². The third kappa shape index (κ3) is 5.70. The Morgan fingerprint density at radius 2 is 1.08 bits per heavy atom. The number of fused-ring (bicyclic) bond motifs is 7. The molecule has 0 aliphatic rings. The summed E-state index contributed by atoms with van der Waals surface area (Å²) in [7, 11) is 0. The first kappa shape index (κ1) is 18.5. The second kappa shape index (κ2) is 14.0. The molecule has 9 aromatic carbocycles. The molecule has 3 aromatic heterocycles. The molecule has 0 aliphatic heterocycles. The minimum atomic E-state index is -0.827. The smallest absolute Gasteiger partial charge is 0.166 e. The molecule has 0 N–H and O–H groups in total. The average molecular weight is 806 g/mol. The van der Waals surface area contributed by atoms with E-state index in [0.29, 0.717) is 20.5 Å². The summed E-state index contributed by atoms with van der Waals surface area (Å²) in [5, 5.41) is -0.932. The molecule has 60 heavy (non-hydrogen) atoms. The third-order valence-electron chi connectivity index (χ3n) is 9.92. The maximum absolute atomic E-state index is 9.73. The fraction of sp³-hybridized carbons (Fsp3) is 0. The van der Waals surface area contributed by atoms with Crippen LogP contribution in [0.1, 0.15) is 31.5 Å². The number of benzene rings is 9. The van der Waals surface area contributed by atoms with Crippen LogP contribution < -0.4 is 0 Å². The molecule has 5 heteroatoms. The maximum atomic E-state index is 9.73. The Hall–Kier alpha value is -7.73. The lowest BCUT2D eigenvalue weighted by Crippen LogP contribution is -2.03. The summed E-state index contributed by atoms with van der Waals surface area (Å²) < 4.78 is 207. The molecule has 0 saturated heterocycles. The van der Waals surface area contributed by atoms with Crippen LogP contribution in [-0.2, 0) is 0 Å². The first-order valence-electron chi connectivity index (χ1n) is 29.8. The first-order valence-corrected chi connectivity index (χ1v) is 19.1. The lowest BCUT2D eigenvalue weighted by Gasteiger charge is -2.15. The predicted octanol–water partition coefficient (Wildman–Crippen LogP) is 14.8. The normalized spacial score (nSPS) is 17.0. The molecule has 0 atom stereocenters. The van der Waals surface area contributed by atoms with Gasteiger partial charge in [-0.1, -0.05) is 157 Å². The van der Waals surface area contributed by atoms with E-state index < -0.39 is 130 Å². The monoisotopic (exact) mass is 805 g/mol.